The summed E-state index contributed by atoms with van der Waals surface area (Å²) >= 11 is 6.77. The molecule has 4 aromatic carbocycles. The number of likely N-dealkylation sites (N-methyl/N-ethyl adjacent to an activating group) is 2. The molecule has 0 saturated heterocycles. The number of hydrogen-bond acceptors (Lipinski definition) is 8. The van der Waals surface area contributed by atoms with Gasteiger partial charge in [0.25, 0.3) is 5.91 Å². The molecule has 0 radical (unpaired) electrons. The van der Waals surface area contributed by atoms with Gasteiger partial charge in [-0.05, 0) is 91.5 Å². The van der Waals surface area contributed by atoms with Crippen molar-refractivity contribution in [1.29, 1.82) is 0 Å². The van der Waals surface area contributed by atoms with Gasteiger partial charge in [-0.2, -0.15) is 0 Å². The third kappa shape index (κ3) is 10.6. The third-order valence-electron chi connectivity index (χ3n) is 7.18. The van der Waals surface area contributed by atoms with Gasteiger partial charge in [0.05, 0.1) is 33.0 Å². The van der Waals surface area contributed by atoms with Crippen molar-refractivity contribution < 1.29 is 34.1 Å². The standard InChI is InChI=1S/C18H18BrNO4.C18H20BrNO3/c1-20(9-10-21)18(23)15-8-5-13(19)11-16(15)17(22)12-3-6-14(24-2)7-4-12;1-20(9-10-21)12-14-3-6-15(19)11-17(14)18(22)13-4-7-16(23-2)8-5-13/h3-8,11,21H,9-10H2,1-2H3;3-8,11,21H,9-10,12H2,1-2H3. The summed E-state index contributed by atoms with van der Waals surface area (Å²) in [6.45, 7) is 1.32. The van der Waals surface area contributed by atoms with Gasteiger partial charge in [0, 0.05) is 57.9 Å². The van der Waals surface area contributed by atoms with Gasteiger partial charge in [-0.25, -0.2) is 0 Å². The summed E-state index contributed by atoms with van der Waals surface area (Å²) in [7, 11) is 6.65. The molecule has 47 heavy (non-hydrogen) atoms. The highest BCUT2D eigenvalue weighted by molar-refractivity contribution is 9.10. The second kappa shape index (κ2) is 18.5. The lowest BCUT2D eigenvalue weighted by atomic mass is 9.97. The number of nitrogens with zero attached hydrogens (tertiary/aromatic N) is 2. The lowest BCUT2D eigenvalue weighted by Crippen LogP contribution is -2.30. The summed E-state index contributed by atoms with van der Waals surface area (Å²) in [6, 6.07) is 24.5. The molecule has 4 aromatic rings. The molecule has 0 fully saturated rings. The fourth-order valence-electron chi connectivity index (χ4n) is 4.58. The van der Waals surface area contributed by atoms with Gasteiger partial charge >= 0.3 is 0 Å². The molecule has 0 aliphatic heterocycles. The van der Waals surface area contributed by atoms with E-state index in [2.05, 4.69) is 31.9 Å². The Bertz CT molecular complexity index is 1660. The minimum absolute atomic E-state index is 0.0265. The van der Waals surface area contributed by atoms with Crippen LogP contribution in [0.2, 0.25) is 0 Å². The number of aliphatic hydroxyl groups is 2. The van der Waals surface area contributed by atoms with Gasteiger partial charge in [0.15, 0.2) is 11.6 Å². The molecule has 0 atom stereocenters. The molecular weight excluding hydrogens is 732 g/mol. The van der Waals surface area contributed by atoms with Gasteiger partial charge < -0.3 is 24.6 Å². The Labute approximate surface area is 292 Å². The van der Waals surface area contributed by atoms with E-state index in [1.165, 1.54) is 4.90 Å². The SMILES string of the molecule is COc1ccc(C(=O)c2cc(Br)ccc2C(=O)N(C)CCO)cc1.COc1ccc(C(=O)c2cc(Br)ccc2CN(C)CCO)cc1. The van der Waals surface area contributed by atoms with Crippen LogP contribution < -0.4 is 9.47 Å². The summed E-state index contributed by atoms with van der Waals surface area (Å²) in [5, 5.41) is 18.0. The van der Waals surface area contributed by atoms with Crippen LogP contribution >= 0.6 is 31.9 Å². The van der Waals surface area contributed by atoms with E-state index in [1.54, 1.807) is 88.0 Å². The Morgan fingerprint density at radius 2 is 1.11 bits per heavy atom. The summed E-state index contributed by atoms with van der Waals surface area (Å²) in [4.78, 5) is 41.5. The number of halogens is 2. The molecule has 1 amide bonds. The monoisotopic (exact) mass is 768 g/mol. The number of hydrogen-bond donors (Lipinski definition) is 2. The number of rotatable bonds is 13. The molecule has 0 heterocycles. The zero-order chi connectivity index (χ0) is 34.5. The molecule has 0 saturated carbocycles. The number of carbonyl (C=O) groups is 3. The Hall–Kier alpha value is -3.87. The van der Waals surface area contributed by atoms with E-state index in [0.717, 1.165) is 15.8 Å². The van der Waals surface area contributed by atoms with Crippen molar-refractivity contribution in [3.05, 3.63) is 127 Å². The van der Waals surface area contributed by atoms with Crippen molar-refractivity contribution in [1.82, 2.24) is 9.80 Å². The van der Waals surface area contributed by atoms with Crippen LogP contribution in [-0.2, 0) is 6.54 Å². The zero-order valence-electron chi connectivity index (χ0n) is 26.7. The van der Waals surface area contributed by atoms with Crippen molar-refractivity contribution in [2.75, 3.05) is 54.6 Å². The number of aliphatic hydroxyl groups excluding tert-OH is 2. The predicted molar refractivity (Wildman–Crippen MR) is 189 cm³/mol. The molecule has 4 rings (SSSR count). The highest BCUT2D eigenvalue weighted by atomic mass is 79.9. The second-order valence-electron chi connectivity index (χ2n) is 10.5. The number of methoxy groups -OCH3 is 2. The van der Waals surface area contributed by atoms with E-state index in [-0.39, 0.29) is 37.2 Å². The van der Waals surface area contributed by atoms with Crippen LogP contribution in [0.4, 0.5) is 0 Å². The normalized spacial score (nSPS) is 10.6. The van der Waals surface area contributed by atoms with Crippen LogP contribution in [0, 0.1) is 0 Å². The molecule has 11 heteroatoms. The molecular formula is C36H38Br2N2O7. The summed E-state index contributed by atoms with van der Waals surface area (Å²) in [6.07, 6.45) is 0. The largest absolute Gasteiger partial charge is 0.497 e. The van der Waals surface area contributed by atoms with Gasteiger partial charge in [-0.1, -0.05) is 37.9 Å². The molecule has 248 valence electrons. The molecule has 2 N–H and O–H groups in total. The Balaban J connectivity index is 0.000000256. The minimum atomic E-state index is -0.312. The average molecular weight is 771 g/mol. The first-order chi connectivity index (χ1) is 22.5. The van der Waals surface area contributed by atoms with Gasteiger partial charge in [-0.15, -0.1) is 0 Å². The first-order valence-electron chi connectivity index (χ1n) is 14.6. The van der Waals surface area contributed by atoms with Crippen LogP contribution in [0.15, 0.2) is 93.9 Å². The Morgan fingerprint density at radius 3 is 1.60 bits per heavy atom. The third-order valence-corrected chi connectivity index (χ3v) is 8.17. The van der Waals surface area contributed by atoms with Crippen LogP contribution in [0.5, 0.6) is 11.5 Å². The number of ketones is 2. The van der Waals surface area contributed by atoms with Gasteiger partial charge in [0.2, 0.25) is 0 Å². The summed E-state index contributed by atoms with van der Waals surface area (Å²) in [5.74, 6) is 0.785. The molecule has 0 spiro atoms. The first kappa shape index (κ1) is 37.6. The van der Waals surface area contributed by atoms with E-state index in [9.17, 15) is 14.4 Å². The maximum Gasteiger partial charge on any atom is 0.254 e. The lowest BCUT2D eigenvalue weighted by molar-refractivity contribution is 0.0762. The van der Waals surface area contributed by atoms with Crippen molar-refractivity contribution in [3.63, 3.8) is 0 Å². The predicted octanol–water partition coefficient (Wildman–Crippen LogP) is 5.87. The van der Waals surface area contributed by atoms with Gasteiger partial charge in [-0.3, -0.25) is 19.3 Å². The van der Waals surface area contributed by atoms with E-state index in [4.69, 9.17) is 19.7 Å². The van der Waals surface area contributed by atoms with E-state index >= 15 is 0 Å². The molecule has 0 unspecified atom stereocenters. The van der Waals surface area contributed by atoms with Crippen molar-refractivity contribution >= 4 is 49.3 Å². The molecule has 0 aromatic heterocycles. The maximum atomic E-state index is 12.8. The summed E-state index contributed by atoms with van der Waals surface area (Å²) in [5.41, 5.74) is 3.29. The van der Waals surface area contributed by atoms with Crippen LogP contribution in [0.25, 0.3) is 0 Å². The van der Waals surface area contributed by atoms with E-state index in [1.807, 2.05) is 30.1 Å². The lowest BCUT2D eigenvalue weighted by Gasteiger charge is -2.18. The van der Waals surface area contributed by atoms with Crippen LogP contribution in [-0.4, -0.2) is 92.1 Å². The topological polar surface area (TPSA) is 117 Å². The number of benzene rings is 4. The van der Waals surface area contributed by atoms with Crippen molar-refractivity contribution in [2.24, 2.45) is 0 Å². The molecule has 0 aliphatic carbocycles. The summed E-state index contributed by atoms with van der Waals surface area (Å²) < 4.78 is 11.8. The van der Waals surface area contributed by atoms with E-state index in [0.29, 0.717) is 51.1 Å². The quantitative estimate of drug-likeness (QED) is 0.163. The fourth-order valence-corrected chi connectivity index (χ4v) is 5.30. The number of ether oxygens (including phenoxy) is 2. The smallest absolute Gasteiger partial charge is 0.254 e. The first-order valence-corrected chi connectivity index (χ1v) is 16.2. The zero-order valence-corrected chi connectivity index (χ0v) is 29.9. The minimum Gasteiger partial charge on any atom is -0.497 e. The molecule has 0 bridgehead atoms. The maximum absolute atomic E-state index is 12.8. The Morgan fingerprint density at radius 1 is 0.638 bits per heavy atom. The van der Waals surface area contributed by atoms with Crippen molar-refractivity contribution in [2.45, 2.75) is 6.54 Å². The fraction of sp³-hybridized carbons (Fsp3) is 0.250. The number of carbonyl (C=O) groups excluding carboxylic acids is 3. The number of amides is 1. The van der Waals surface area contributed by atoms with Crippen LogP contribution in [0.1, 0.15) is 47.8 Å². The van der Waals surface area contributed by atoms with Gasteiger partial charge in [0.1, 0.15) is 11.5 Å². The second-order valence-corrected chi connectivity index (χ2v) is 12.3. The average Bonchev–Trinajstić information content (AvgIpc) is 3.08. The molecule has 9 nitrogen and oxygen atoms in total. The highest BCUT2D eigenvalue weighted by Gasteiger charge is 2.21. The van der Waals surface area contributed by atoms with E-state index < -0.39 is 0 Å². The van der Waals surface area contributed by atoms with Crippen LogP contribution in [0.3, 0.4) is 0 Å². The van der Waals surface area contributed by atoms with Crippen molar-refractivity contribution in [3.8, 4) is 11.5 Å². The highest BCUT2D eigenvalue weighted by Crippen LogP contribution is 2.24. The Kier molecular flexibility index (Phi) is 14.8. The molecule has 0 aliphatic rings.